The van der Waals surface area contributed by atoms with Crippen LogP contribution in [0.5, 0.6) is 5.75 Å². The zero-order valence-electron chi connectivity index (χ0n) is 21.6. The number of hydrogen-bond donors (Lipinski definition) is 2. The highest BCUT2D eigenvalue weighted by atomic mass is 16.5. The van der Waals surface area contributed by atoms with Crippen LogP contribution in [0.2, 0.25) is 0 Å². The van der Waals surface area contributed by atoms with Gasteiger partial charge in [0.05, 0.1) is 18.7 Å². The number of urea groups is 1. The molecule has 3 aromatic carbocycles. The van der Waals surface area contributed by atoms with Crippen molar-refractivity contribution in [1.29, 1.82) is 0 Å². The van der Waals surface area contributed by atoms with Gasteiger partial charge in [-0.1, -0.05) is 36.4 Å². The maximum Gasteiger partial charge on any atom is 0.321 e. The quantitative estimate of drug-likeness (QED) is 0.319. The average Bonchev–Trinajstić information content (AvgIpc) is 3.59. The van der Waals surface area contributed by atoms with Crippen molar-refractivity contribution in [2.75, 3.05) is 13.7 Å². The van der Waals surface area contributed by atoms with Gasteiger partial charge in [-0.25, -0.2) is 4.79 Å². The van der Waals surface area contributed by atoms with E-state index < -0.39 is 12.1 Å². The number of amides is 4. The third-order valence-corrected chi connectivity index (χ3v) is 7.43. The molecule has 4 amide bonds. The second-order valence-corrected chi connectivity index (χ2v) is 10.2. The molecule has 2 N–H and O–H groups in total. The molecule has 9 heteroatoms. The Morgan fingerprint density at radius 3 is 2.64 bits per heavy atom. The molecule has 6 rings (SSSR count). The van der Waals surface area contributed by atoms with E-state index in [1.54, 1.807) is 18.1 Å². The van der Waals surface area contributed by atoms with Crippen LogP contribution in [0.4, 0.5) is 4.79 Å². The number of benzene rings is 3. The largest absolute Gasteiger partial charge is 0.497 e. The van der Waals surface area contributed by atoms with Crippen LogP contribution < -0.4 is 15.4 Å². The van der Waals surface area contributed by atoms with Crippen molar-refractivity contribution in [3.63, 3.8) is 0 Å². The van der Waals surface area contributed by atoms with E-state index in [0.29, 0.717) is 24.3 Å². The standard InChI is InChI=1S/C30H29N5O4/c1-39-25-10-8-23-15-34(29(37)26(23)13-25)17-28(32-30(38)31-18-36)21-6-4-20(5-7-21)22-9-11-27-24(12-22)16-35(33-27)14-19-2-3-19/h4-13,16,18-19,28H,2-3,14-15,17H2,1H3,(H2,31,32,36,38)/t28-/m0/s1. The summed E-state index contributed by atoms with van der Waals surface area (Å²) < 4.78 is 7.31. The first kappa shape index (κ1) is 24.7. The zero-order valence-corrected chi connectivity index (χ0v) is 21.6. The molecule has 2 heterocycles. The van der Waals surface area contributed by atoms with Crippen molar-refractivity contribution in [3.05, 3.63) is 83.6 Å². The lowest BCUT2D eigenvalue weighted by atomic mass is 9.99. The highest BCUT2D eigenvalue weighted by molar-refractivity contribution is 5.98. The van der Waals surface area contributed by atoms with Crippen molar-refractivity contribution in [2.24, 2.45) is 5.92 Å². The van der Waals surface area contributed by atoms with Gasteiger partial charge < -0.3 is 15.0 Å². The van der Waals surface area contributed by atoms with Crippen molar-refractivity contribution in [1.82, 2.24) is 25.3 Å². The Morgan fingerprint density at radius 2 is 1.90 bits per heavy atom. The molecule has 0 bridgehead atoms. The molecule has 1 aliphatic carbocycles. The van der Waals surface area contributed by atoms with Crippen molar-refractivity contribution in [3.8, 4) is 16.9 Å². The molecule has 0 unspecified atom stereocenters. The maximum atomic E-state index is 13.1. The topological polar surface area (TPSA) is 106 Å². The van der Waals surface area contributed by atoms with Crippen LogP contribution in [-0.2, 0) is 17.9 Å². The molecule has 0 radical (unpaired) electrons. The van der Waals surface area contributed by atoms with E-state index >= 15 is 0 Å². The molecule has 9 nitrogen and oxygen atoms in total. The van der Waals surface area contributed by atoms with Crippen LogP contribution in [0.15, 0.2) is 66.9 Å². The molecular weight excluding hydrogens is 494 g/mol. The van der Waals surface area contributed by atoms with Gasteiger partial charge in [-0.15, -0.1) is 0 Å². The summed E-state index contributed by atoms with van der Waals surface area (Å²) in [7, 11) is 1.56. The summed E-state index contributed by atoms with van der Waals surface area (Å²) in [6.45, 7) is 1.65. The summed E-state index contributed by atoms with van der Waals surface area (Å²) in [4.78, 5) is 37.9. The highest BCUT2D eigenvalue weighted by Gasteiger charge is 2.30. The van der Waals surface area contributed by atoms with Crippen LogP contribution in [0.1, 0.15) is 40.4 Å². The maximum absolute atomic E-state index is 13.1. The molecule has 1 atom stereocenters. The summed E-state index contributed by atoms with van der Waals surface area (Å²) in [6.07, 6.45) is 5.02. The minimum Gasteiger partial charge on any atom is -0.497 e. The molecule has 0 saturated heterocycles. The number of carbonyl (C=O) groups excluding carboxylic acids is 3. The fraction of sp³-hybridized carbons (Fsp3) is 0.267. The minimum absolute atomic E-state index is 0.126. The summed E-state index contributed by atoms with van der Waals surface area (Å²) in [5.41, 5.74) is 5.40. The molecule has 1 aliphatic heterocycles. The van der Waals surface area contributed by atoms with Crippen molar-refractivity contribution < 1.29 is 19.1 Å². The predicted octanol–water partition coefficient (Wildman–Crippen LogP) is 4.27. The number of carbonyl (C=O) groups is 3. The molecular formula is C30H29N5O4. The molecule has 2 aliphatic rings. The van der Waals surface area contributed by atoms with Crippen LogP contribution >= 0.6 is 0 Å². The van der Waals surface area contributed by atoms with E-state index in [4.69, 9.17) is 9.84 Å². The number of nitrogens with one attached hydrogen (secondary N) is 2. The van der Waals surface area contributed by atoms with E-state index in [9.17, 15) is 14.4 Å². The van der Waals surface area contributed by atoms with E-state index in [2.05, 4.69) is 29.0 Å². The molecule has 1 saturated carbocycles. The van der Waals surface area contributed by atoms with Gasteiger partial charge in [0.2, 0.25) is 6.41 Å². The zero-order chi connectivity index (χ0) is 26.9. The van der Waals surface area contributed by atoms with Gasteiger partial charge in [0.15, 0.2) is 0 Å². The lowest BCUT2D eigenvalue weighted by Gasteiger charge is -2.25. The summed E-state index contributed by atoms with van der Waals surface area (Å²) in [5, 5.41) is 10.8. The highest BCUT2D eigenvalue weighted by Crippen LogP contribution is 2.32. The van der Waals surface area contributed by atoms with Crippen LogP contribution in [0.25, 0.3) is 22.0 Å². The van der Waals surface area contributed by atoms with E-state index in [1.807, 2.05) is 47.1 Å². The lowest BCUT2D eigenvalue weighted by molar-refractivity contribution is -0.108. The number of imide groups is 1. The monoisotopic (exact) mass is 523 g/mol. The Labute approximate surface area is 225 Å². The Hall–Kier alpha value is -4.66. The molecule has 1 fully saturated rings. The first-order valence-corrected chi connectivity index (χ1v) is 13.0. The van der Waals surface area contributed by atoms with E-state index in [-0.39, 0.29) is 12.5 Å². The van der Waals surface area contributed by atoms with Gasteiger partial charge >= 0.3 is 6.03 Å². The predicted molar refractivity (Wildman–Crippen MR) is 146 cm³/mol. The molecule has 0 spiro atoms. The first-order valence-electron chi connectivity index (χ1n) is 13.0. The lowest BCUT2D eigenvalue weighted by Crippen LogP contribution is -2.42. The van der Waals surface area contributed by atoms with Gasteiger partial charge in [0.25, 0.3) is 5.91 Å². The normalized spacial score (nSPS) is 15.2. The number of fused-ring (bicyclic) bond motifs is 2. The third-order valence-electron chi connectivity index (χ3n) is 7.43. The van der Waals surface area contributed by atoms with Gasteiger partial charge in [-0.3, -0.25) is 19.6 Å². The van der Waals surface area contributed by atoms with Crippen molar-refractivity contribution >= 4 is 29.3 Å². The number of methoxy groups -OCH3 is 1. The summed E-state index contributed by atoms with van der Waals surface area (Å²) in [6, 6.07) is 18.4. The third kappa shape index (κ3) is 5.20. The second kappa shape index (κ2) is 10.2. The van der Waals surface area contributed by atoms with Gasteiger partial charge in [-0.2, -0.15) is 5.10 Å². The van der Waals surface area contributed by atoms with Gasteiger partial charge in [0, 0.05) is 36.8 Å². The first-order chi connectivity index (χ1) is 19.0. The molecule has 198 valence electrons. The number of ether oxygens (including phenoxy) is 1. The molecule has 1 aromatic heterocycles. The molecule has 4 aromatic rings. The van der Waals surface area contributed by atoms with Crippen LogP contribution in [0, 0.1) is 5.92 Å². The van der Waals surface area contributed by atoms with Gasteiger partial charge in [-0.05, 0) is 65.3 Å². The fourth-order valence-corrected chi connectivity index (χ4v) is 5.15. The SMILES string of the molecule is COc1ccc2c(c1)C(=O)N(C[C@H](NC(=O)NC=O)c1ccc(-c3ccc4nn(CC5CC5)cc4c3)cc1)C2. The summed E-state index contributed by atoms with van der Waals surface area (Å²) in [5.74, 6) is 1.25. The Kier molecular flexibility index (Phi) is 6.48. The minimum atomic E-state index is -0.626. The van der Waals surface area contributed by atoms with Crippen LogP contribution in [-0.4, -0.2) is 46.7 Å². The second-order valence-electron chi connectivity index (χ2n) is 10.2. The van der Waals surface area contributed by atoms with E-state index in [0.717, 1.165) is 45.6 Å². The Morgan fingerprint density at radius 1 is 1.10 bits per heavy atom. The number of rotatable bonds is 9. The van der Waals surface area contributed by atoms with Crippen LogP contribution in [0.3, 0.4) is 0 Å². The van der Waals surface area contributed by atoms with Crippen molar-refractivity contribution in [2.45, 2.75) is 32.0 Å². The fourth-order valence-electron chi connectivity index (χ4n) is 5.15. The molecule has 39 heavy (non-hydrogen) atoms. The van der Waals surface area contributed by atoms with E-state index in [1.165, 1.54) is 12.8 Å². The Bertz CT molecular complexity index is 1560. The average molecular weight is 524 g/mol. The Balaban J connectivity index is 1.22. The smallest absolute Gasteiger partial charge is 0.321 e. The number of hydrogen-bond acceptors (Lipinski definition) is 5. The number of aromatic nitrogens is 2. The number of nitrogens with zero attached hydrogens (tertiary/aromatic N) is 3. The van der Waals surface area contributed by atoms with Gasteiger partial charge in [0.1, 0.15) is 5.75 Å². The summed E-state index contributed by atoms with van der Waals surface area (Å²) >= 11 is 0.